The molecule has 0 saturated carbocycles. The molecule has 1 aliphatic heterocycles. The van der Waals surface area contributed by atoms with Crippen molar-refractivity contribution in [2.75, 3.05) is 14.2 Å². The molecular weight excluding hydrogens is 296 g/mol. The lowest BCUT2D eigenvalue weighted by Crippen LogP contribution is -2.38. The molecule has 5 nitrogen and oxygen atoms in total. The summed E-state index contributed by atoms with van der Waals surface area (Å²) in [6, 6.07) is 0. The summed E-state index contributed by atoms with van der Waals surface area (Å²) in [7, 11) is 2.93. The van der Waals surface area contributed by atoms with Gasteiger partial charge in [0.1, 0.15) is 6.10 Å². The molecule has 1 rings (SSSR count). The standard InChI is InChI=1S/C18H28O5/c1-4-5-6-7-8-9-10-11-13-18(21-3)14-12-16(22-23-18)15-17(19)20-2/h6-9,12,14,16H,4-5,10-11,13,15H2,1-3H3/b7-6+,9-8+/t16-,18+/m0/s1. The number of unbranched alkanes of at least 4 members (excludes halogenated alkanes) is 2. The molecule has 0 aromatic carbocycles. The monoisotopic (exact) mass is 324 g/mol. The SMILES string of the molecule is CCC/C=C/C=C/CCC[C@]1(OC)C=C[C@@H](CC(=O)OC)OO1. The summed E-state index contributed by atoms with van der Waals surface area (Å²) in [5.41, 5.74) is 0. The van der Waals surface area contributed by atoms with E-state index in [1.807, 2.05) is 6.08 Å². The molecule has 130 valence electrons. The van der Waals surface area contributed by atoms with E-state index in [9.17, 15) is 4.79 Å². The van der Waals surface area contributed by atoms with Gasteiger partial charge in [0.2, 0.25) is 5.79 Å². The van der Waals surface area contributed by atoms with E-state index in [0.29, 0.717) is 6.42 Å². The molecule has 0 fully saturated rings. The number of carbonyl (C=O) groups is 1. The Kier molecular flexibility index (Phi) is 9.52. The van der Waals surface area contributed by atoms with Gasteiger partial charge in [0, 0.05) is 13.5 Å². The van der Waals surface area contributed by atoms with Crippen molar-refractivity contribution in [2.24, 2.45) is 0 Å². The molecule has 0 N–H and O–H groups in total. The number of methoxy groups -OCH3 is 2. The van der Waals surface area contributed by atoms with Crippen molar-refractivity contribution in [3.05, 3.63) is 36.5 Å². The molecule has 2 atom stereocenters. The van der Waals surface area contributed by atoms with Crippen LogP contribution in [0.4, 0.5) is 0 Å². The van der Waals surface area contributed by atoms with E-state index in [0.717, 1.165) is 19.3 Å². The number of hydrogen-bond acceptors (Lipinski definition) is 5. The molecule has 0 aromatic heterocycles. The van der Waals surface area contributed by atoms with E-state index >= 15 is 0 Å². The molecule has 1 aliphatic rings. The largest absolute Gasteiger partial charge is 0.469 e. The van der Waals surface area contributed by atoms with Gasteiger partial charge in [-0.3, -0.25) is 4.79 Å². The van der Waals surface area contributed by atoms with Gasteiger partial charge in [-0.1, -0.05) is 43.7 Å². The van der Waals surface area contributed by atoms with Gasteiger partial charge in [0.05, 0.1) is 13.5 Å². The Bertz CT molecular complexity index is 427. The molecule has 5 heteroatoms. The van der Waals surface area contributed by atoms with E-state index in [4.69, 9.17) is 14.5 Å². The number of esters is 1. The predicted molar refractivity (Wildman–Crippen MR) is 88.5 cm³/mol. The average molecular weight is 324 g/mol. The highest BCUT2D eigenvalue weighted by Gasteiger charge is 2.34. The molecule has 0 radical (unpaired) electrons. The van der Waals surface area contributed by atoms with Crippen molar-refractivity contribution in [2.45, 2.75) is 57.3 Å². The fourth-order valence-corrected chi connectivity index (χ4v) is 2.12. The first kappa shape index (κ1) is 19.6. The van der Waals surface area contributed by atoms with Gasteiger partial charge in [-0.05, 0) is 25.3 Å². The molecule has 0 spiro atoms. The summed E-state index contributed by atoms with van der Waals surface area (Å²) in [5, 5.41) is 0. The quantitative estimate of drug-likeness (QED) is 0.201. The third-order valence-electron chi connectivity index (χ3n) is 3.55. The number of carbonyl (C=O) groups excluding carboxylic acids is 1. The predicted octanol–water partition coefficient (Wildman–Crippen LogP) is 3.86. The molecular formula is C18H28O5. The van der Waals surface area contributed by atoms with E-state index in [2.05, 4.69) is 36.0 Å². The zero-order valence-electron chi connectivity index (χ0n) is 14.3. The van der Waals surface area contributed by atoms with Crippen molar-refractivity contribution in [3.63, 3.8) is 0 Å². The van der Waals surface area contributed by atoms with Gasteiger partial charge < -0.3 is 9.47 Å². The third kappa shape index (κ3) is 7.59. The van der Waals surface area contributed by atoms with Crippen molar-refractivity contribution in [1.82, 2.24) is 0 Å². The molecule has 0 saturated heterocycles. The summed E-state index contributed by atoms with van der Waals surface area (Å²) >= 11 is 0. The Morgan fingerprint density at radius 3 is 2.57 bits per heavy atom. The van der Waals surface area contributed by atoms with Crippen LogP contribution in [0.3, 0.4) is 0 Å². The number of rotatable bonds is 10. The second kappa shape index (κ2) is 11.2. The van der Waals surface area contributed by atoms with Crippen molar-refractivity contribution in [3.8, 4) is 0 Å². The lowest BCUT2D eigenvalue weighted by molar-refractivity contribution is -0.428. The first-order valence-electron chi connectivity index (χ1n) is 8.13. The summed E-state index contributed by atoms with van der Waals surface area (Å²) in [6.45, 7) is 2.16. The van der Waals surface area contributed by atoms with E-state index < -0.39 is 11.9 Å². The van der Waals surface area contributed by atoms with Gasteiger partial charge >= 0.3 is 5.97 Å². The number of ether oxygens (including phenoxy) is 2. The van der Waals surface area contributed by atoms with Crippen molar-refractivity contribution < 1.29 is 24.0 Å². The van der Waals surface area contributed by atoms with Crippen LogP contribution < -0.4 is 0 Å². The lowest BCUT2D eigenvalue weighted by atomic mass is 10.1. The van der Waals surface area contributed by atoms with E-state index in [1.165, 1.54) is 13.5 Å². The third-order valence-corrected chi connectivity index (χ3v) is 3.55. The Morgan fingerprint density at radius 1 is 1.26 bits per heavy atom. The molecule has 0 bridgehead atoms. The smallest absolute Gasteiger partial charge is 0.308 e. The highest BCUT2D eigenvalue weighted by atomic mass is 17.2. The fourth-order valence-electron chi connectivity index (χ4n) is 2.12. The van der Waals surface area contributed by atoms with Crippen LogP contribution in [0.25, 0.3) is 0 Å². The Hall–Kier alpha value is -1.43. The first-order valence-corrected chi connectivity index (χ1v) is 8.13. The second-order valence-electron chi connectivity index (χ2n) is 5.41. The summed E-state index contributed by atoms with van der Waals surface area (Å²) in [6.07, 6.45) is 16.5. The van der Waals surface area contributed by atoms with Gasteiger partial charge in [-0.15, -0.1) is 0 Å². The van der Waals surface area contributed by atoms with Gasteiger partial charge in [-0.25, -0.2) is 4.89 Å². The maximum absolute atomic E-state index is 11.2. The zero-order chi connectivity index (χ0) is 17.0. The molecule has 23 heavy (non-hydrogen) atoms. The number of allylic oxidation sites excluding steroid dienone is 4. The Labute approximate surface area is 138 Å². The van der Waals surface area contributed by atoms with Crippen LogP contribution in [0.5, 0.6) is 0 Å². The van der Waals surface area contributed by atoms with Crippen LogP contribution in [0, 0.1) is 0 Å². The van der Waals surface area contributed by atoms with Crippen LogP contribution in [-0.4, -0.2) is 32.1 Å². The van der Waals surface area contributed by atoms with Crippen LogP contribution in [0.1, 0.15) is 45.4 Å². The molecule has 0 aliphatic carbocycles. The van der Waals surface area contributed by atoms with E-state index in [-0.39, 0.29) is 12.4 Å². The van der Waals surface area contributed by atoms with Gasteiger partial charge in [0.15, 0.2) is 0 Å². The zero-order valence-corrected chi connectivity index (χ0v) is 14.3. The topological polar surface area (TPSA) is 54.0 Å². The maximum atomic E-state index is 11.2. The Balaban J connectivity index is 2.36. The highest BCUT2D eigenvalue weighted by Crippen LogP contribution is 2.28. The Morgan fingerprint density at radius 2 is 2.00 bits per heavy atom. The van der Waals surface area contributed by atoms with Crippen LogP contribution in [0.2, 0.25) is 0 Å². The highest BCUT2D eigenvalue weighted by molar-refractivity contribution is 5.70. The van der Waals surface area contributed by atoms with E-state index in [1.54, 1.807) is 13.2 Å². The van der Waals surface area contributed by atoms with Gasteiger partial charge in [0.25, 0.3) is 0 Å². The van der Waals surface area contributed by atoms with Crippen LogP contribution in [0.15, 0.2) is 36.5 Å². The lowest BCUT2D eigenvalue weighted by Gasteiger charge is -2.32. The molecule has 0 unspecified atom stereocenters. The fraction of sp³-hybridized carbons (Fsp3) is 0.611. The molecule has 1 heterocycles. The average Bonchev–Trinajstić information content (AvgIpc) is 2.58. The number of hydrogen-bond donors (Lipinski definition) is 0. The van der Waals surface area contributed by atoms with Crippen LogP contribution in [-0.2, 0) is 24.0 Å². The minimum absolute atomic E-state index is 0.125. The second-order valence-corrected chi connectivity index (χ2v) is 5.41. The maximum Gasteiger partial charge on any atom is 0.308 e. The summed E-state index contributed by atoms with van der Waals surface area (Å²) in [4.78, 5) is 21.8. The normalized spacial score (nSPS) is 24.6. The van der Waals surface area contributed by atoms with Crippen molar-refractivity contribution >= 4 is 5.97 Å². The molecule has 0 amide bonds. The first-order chi connectivity index (χ1) is 11.2. The molecule has 0 aromatic rings. The summed E-state index contributed by atoms with van der Waals surface area (Å²) < 4.78 is 10.0. The van der Waals surface area contributed by atoms with Crippen LogP contribution >= 0.6 is 0 Å². The minimum Gasteiger partial charge on any atom is -0.469 e. The van der Waals surface area contributed by atoms with Crippen molar-refractivity contribution in [1.29, 1.82) is 0 Å². The minimum atomic E-state index is -0.876. The summed E-state index contributed by atoms with van der Waals surface area (Å²) in [5.74, 6) is -1.21. The van der Waals surface area contributed by atoms with Gasteiger partial charge in [-0.2, -0.15) is 4.89 Å².